The lowest BCUT2D eigenvalue weighted by atomic mass is 10.2. The third kappa shape index (κ3) is 5.10. The topological polar surface area (TPSA) is 6.48 Å². The van der Waals surface area contributed by atoms with Crippen molar-refractivity contribution in [2.75, 3.05) is 9.80 Å². The molecule has 48 heavy (non-hydrogen) atoms. The molecular weight excluding hydrogens is 581 g/mol. The van der Waals surface area contributed by atoms with Crippen LogP contribution in [-0.2, 0) is 0 Å². The Kier molecular flexibility index (Phi) is 6.84. The average Bonchev–Trinajstić information content (AvgIpc) is 3.87. The van der Waals surface area contributed by atoms with Crippen LogP contribution < -0.4 is 9.80 Å². The van der Waals surface area contributed by atoms with Crippen molar-refractivity contribution in [1.82, 2.24) is 0 Å². The predicted molar refractivity (Wildman–Crippen MR) is 202 cm³/mol. The molecule has 0 spiro atoms. The van der Waals surface area contributed by atoms with E-state index >= 15 is 0 Å². The molecule has 0 aromatic heterocycles. The number of benzene rings is 1. The second kappa shape index (κ2) is 11.8. The first-order valence-corrected chi connectivity index (χ1v) is 16.4. The SMILES string of the molecule is c1cc2ccc(N(c3ccc4cccc-4cc3)c3ccc(N(c4ccc5cccc-5cc4)c4ccc5cccc-5cc4)cc3)ccc-2c1. The molecule has 8 aliphatic rings. The van der Waals surface area contributed by atoms with Gasteiger partial charge in [0, 0.05) is 34.1 Å². The van der Waals surface area contributed by atoms with Gasteiger partial charge in [0.1, 0.15) is 0 Å². The molecule has 0 atom stereocenters. The second-order valence-corrected chi connectivity index (χ2v) is 12.3. The molecule has 0 N–H and O–H groups in total. The molecule has 226 valence electrons. The molecule has 1 aromatic rings. The van der Waals surface area contributed by atoms with Crippen molar-refractivity contribution in [1.29, 1.82) is 0 Å². The van der Waals surface area contributed by atoms with Crippen molar-refractivity contribution in [2.24, 2.45) is 0 Å². The number of nitrogens with zero attached hydrogens (tertiary/aromatic N) is 2. The fraction of sp³-hybridized carbons (Fsp3) is 0. The van der Waals surface area contributed by atoms with Gasteiger partial charge in [-0.05, 0) is 117 Å². The van der Waals surface area contributed by atoms with Crippen LogP contribution in [0.15, 0.2) is 194 Å². The largest absolute Gasteiger partial charge is 0.311 e. The summed E-state index contributed by atoms with van der Waals surface area (Å²) in [5.74, 6) is 0. The standard InChI is InChI=1S/C46H32N2/c1-5-33-13-21-41(22-14-34(33)6-1)47(42-23-15-35-7-2-8-36(35)16-24-42)45-29-31-46(32-30-45)48(43-25-17-37-9-3-10-38(37)18-26-43)44-27-19-39-11-4-12-40(39)20-28-44/h1-32H. The van der Waals surface area contributed by atoms with E-state index in [1.807, 2.05) is 0 Å². The van der Waals surface area contributed by atoms with Gasteiger partial charge < -0.3 is 9.80 Å². The van der Waals surface area contributed by atoms with Crippen molar-refractivity contribution in [3.05, 3.63) is 194 Å². The summed E-state index contributed by atoms with van der Waals surface area (Å²) >= 11 is 0. The predicted octanol–water partition coefficient (Wildman–Crippen LogP) is 13.0. The van der Waals surface area contributed by atoms with E-state index in [9.17, 15) is 0 Å². The molecule has 1 aromatic carbocycles. The zero-order valence-corrected chi connectivity index (χ0v) is 26.4. The first kappa shape index (κ1) is 27.9. The molecule has 0 saturated carbocycles. The monoisotopic (exact) mass is 612 g/mol. The van der Waals surface area contributed by atoms with Gasteiger partial charge >= 0.3 is 0 Å². The zero-order chi connectivity index (χ0) is 31.9. The highest BCUT2D eigenvalue weighted by Crippen LogP contribution is 2.41. The molecule has 0 bridgehead atoms. The van der Waals surface area contributed by atoms with Crippen LogP contribution in [0.2, 0.25) is 0 Å². The van der Waals surface area contributed by atoms with Crippen LogP contribution in [0.4, 0.5) is 34.1 Å². The van der Waals surface area contributed by atoms with Crippen molar-refractivity contribution < 1.29 is 0 Å². The van der Waals surface area contributed by atoms with Crippen LogP contribution in [0.3, 0.4) is 0 Å². The molecule has 0 aliphatic heterocycles. The number of fused-ring (bicyclic) bond motifs is 4. The van der Waals surface area contributed by atoms with Gasteiger partial charge in [-0.3, -0.25) is 0 Å². The van der Waals surface area contributed by atoms with Gasteiger partial charge in [0.2, 0.25) is 0 Å². The molecule has 0 unspecified atom stereocenters. The molecule has 0 saturated heterocycles. The minimum absolute atomic E-state index is 1.09. The third-order valence-electron chi connectivity index (χ3n) is 9.41. The average molecular weight is 613 g/mol. The fourth-order valence-electron chi connectivity index (χ4n) is 6.87. The molecule has 0 heterocycles. The fourth-order valence-corrected chi connectivity index (χ4v) is 6.87. The summed E-state index contributed by atoms with van der Waals surface area (Å²) in [4.78, 5) is 4.69. The highest BCUT2D eigenvalue weighted by Gasteiger charge is 2.17. The number of anilines is 6. The zero-order valence-electron chi connectivity index (χ0n) is 26.4. The van der Waals surface area contributed by atoms with Gasteiger partial charge in [0.25, 0.3) is 0 Å². The summed E-state index contributed by atoms with van der Waals surface area (Å²) in [6, 6.07) is 70.2. The maximum atomic E-state index is 2.34. The number of hydrogen-bond donors (Lipinski definition) is 0. The maximum Gasteiger partial charge on any atom is 0.0463 e. The lowest BCUT2D eigenvalue weighted by Gasteiger charge is -2.27. The van der Waals surface area contributed by atoms with E-state index in [-0.39, 0.29) is 0 Å². The Balaban J connectivity index is 1.18. The van der Waals surface area contributed by atoms with Crippen molar-refractivity contribution in [3.8, 4) is 44.5 Å². The van der Waals surface area contributed by atoms with Gasteiger partial charge in [-0.1, -0.05) is 121 Å². The first-order valence-electron chi connectivity index (χ1n) is 16.4. The van der Waals surface area contributed by atoms with Crippen molar-refractivity contribution in [2.45, 2.75) is 0 Å². The lowest BCUT2D eigenvalue weighted by molar-refractivity contribution is 1.27. The summed E-state index contributed by atoms with van der Waals surface area (Å²) in [7, 11) is 0. The Morgan fingerprint density at radius 2 is 0.312 bits per heavy atom. The molecule has 8 aliphatic carbocycles. The Morgan fingerprint density at radius 3 is 0.479 bits per heavy atom. The first-order chi connectivity index (χ1) is 23.8. The van der Waals surface area contributed by atoms with E-state index < -0.39 is 0 Å². The van der Waals surface area contributed by atoms with Crippen LogP contribution in [0.5, 0.6) is 0 Å². The lowest BCUT2D eigenvalue weighted by Crippen LogP contribution is -2.11. The van der Waals surface area contributed by atoms with Crippen molar-refractivity contribution >= 4 is 34.1 Å². The molecule has 0 fully saturated rings. The molecule has 0 radical (unpaired) electrons. The van der Waals surface area contributed by atoms with E-state index in [1.165, 1.54) is 44.5 Å². The normalized spacial score (nSPS) is 11.3. The third-order valence-corrected chi connectivity index (χ3v) is 9.41. The molecule has 2 heteroatoms. The van der Waals surface area contributed by atoms with Crippen LogP contribution in [-0.4, -0.2) is 0 Å². The molecule has 9 rings (SSSR count). The second-order valence-electron chi connectivity index (χ2n) is 12.3. The van der Waals surface area contributed by atoms with Crippen LogP contribution >= 0.6 is 0 Å². The van der Waals surface area contributed by atoms with Crippen LogP contribution in [0.1, 0.15) is 0 Å². The highest BCUT2D eigenvalue weighted by molar-refractivity contribution is 5.84. The summed E-state index contributed by atoms with van der Waals surface area (Å²) < 4.78 is 0. The van der Waals surface area contributed by atoms with E-state index in [0.29, 0.717) is 0 Å². The van der Waals surface area contributed by atoms with Crippen LogP contribution in [0.25, 0.3) is 44.5 Å². The van der Waals surface area contributed by atoms with Gasteiger partial charge in [-0.15, -0.1) is 0 Å². The number of hydrogen-bond acceptors (Lipinski definition) is 2. The Labute approximate surface area is 281 Å². The van der Waals surface area contributed by atoms with Crippen molar-refractivity contribution in [3.63, 3.8) is 0 Å². The van der Waals surface area contributed by atoms with E-state index in [4.69, 9.17) is 0 Å². The van der Waals surface area contributed by atoms with E-state index in [0.717, 1.165) is 34.1 Å². The van der Waals surface area contributed by atoms with Gasteiger partial charge in [0.05, 0.1) is 0 Å². The maximum absolute atomic E-state index is 2.34. The highest BCUT2D eigenvalue weighted by atomic mass is 15.2. The van der Waals surface area contributed by atoms with E-state index in [1.54, 1.807) is 0 Å². The van der Waals surface area contributed by atoms with E-state index in [2.05, 4.69) is 204 Å². The summed E-state index contributed by atoms with van der Waals surface area (Å²) in [5.41, 5.74) is 16.4. The molecule has 0 amide bonds. The quantitative estimate of drug-likeness (QED) is 0.184. The Morgan fingerprint density at radius 1 is 0.167 bits per heavy atom. The number of rotatable bonds is 6. The van der Waals surface area contributed by atoms with Gasteiger partial charge in [-0.2, -0.15) is 0 Å². The minimum atomic E-state index is 1.09. The minimum Gasteiger partial charge on any atom is -0.311 e. The molecular formula is C46H32N2. The Bertz CT molecular complexity index is 1930. The summed E-state index contributed by atoms with van der Waals surface area (Å²) in [6.45, 7) is 0. The van der Waals surface area contributed by atoms with Gasteiger partial charge in [0.15, 0.2) is 0 Å². The van der Waals surface area contributed by atoms with Gasteiger partial charge in [-0.25, -0.2) is 0 Å². The van der Waals surface area contributed by atoms with Crippen LogP contribution in [0, 0.1) is 0 Å². The summed E-state index contributed by atoms with van der Waals surface area (Å²) in [6.07, 6.45) is 0. The smallest absolute Gasteiger partial charge is 0.0463 e. The Hall–Kier alpha value is -6.38. The summed E-state index contributed by atoms with van der Waals surface area (Å²) in [5, 5.41) is 0. The molecule has 2 nitrogen and oxygen atoms in total.